The van der Waals surface area contributed by atoms with E-state index in [0.717, 1.165) is 18.3 Å². The van der Waals surface area contributed by atoms with Crippen LogP contribution in [0.4, 0.5) is 0 Å². The Morgan fingerprint density at radius 3 is 2.67 bits per heavy atom. The summed E-state index contributed by atoms with van der Waals surface area (Å²) in [4.78, 5) is 10.4. The Bertz CT molecular complexity index is 577. The summed E-state index contributed by atoms with van der Waals surface area (Å²) in [6.07, 6.45) is 16.0. The highest BCUT2D eigenvalue weighted by molar-refractivity contribution is 5.67. The molecule has 1 heteroatoms. The van der Waals surface area contributed by atoms with Gasteiger partial charge in [-0.3, -0.25) is 4.79 Å². The molecule has 0 aromatic carbocycles. The van der Waals surface area contributed by atoms with E-state index in [4.69, 9.17) is 0 Å². The molecule has 0 heterocycles. The first-order valence-electron chi connectivity index (χ1n) is 7.84. The quantitative estimate of drug-likeness (QED) is 0.379. The van der Waals surface area contributed by atoms with E-state index in [9.17, 15) is 4.79 Å². The van der Waals surface area contributed by atoms with Crippen LogP contribution < -0.4 is 0 Å². The summed E-state index contributed by atoms with van der Waals surface area (Å²) in [7, 11) is 0. The number of aldehydes is 1. The number of hydrogen-bond donors (Lipinski definition) is 0. The Kier molecular flexibility index (Phi) is 4.82. The second kappa shape index (κ2) is 6.43. The smallest absolute Gasteiger partial charge is 0.143 e. The van der Waals surface area contributed by atoms with Crippen LogP contribution in [0, 0.1) is 5.41 Å². The molecule has 0 aliphatic heterocycles. The average molecular weight is 282 g/mol. The molecule has 0 fully saturated rings. The fourth-order valence-electron chi connectivity index (χ4n) is 3.30. The van der Waals surface area contributed by atoms with Gasteiger partial charge in [0.05, 0.1) is 0 Å². The van der Waals surface area contributed by atoms with Crippen molar-refractivity contribution in [3.63, 3.8) is 0 Å². The van der Waals surface area contributed by atoms with Crippen molar-refractivity contribution in [2.45, 2.75) is 53.4 Å². The van der Waals surface area contributed by atoms with Gasteiger partial charge in [0.25, 0.3) is 0 Å². The highest BCUT2D eigenvalue weighted by Crippen LogP contribution is 2.47. The summed E-state index contributed by atoms with van der Waals surface area (Å²) in [6.45, 7) is 8.85. The van der Waals surface area contributed by atoms with Gasteiger partial charge in [0.2, 0.25) is 0 Å². The zero-order valence-corrected chi connectivity index (χ0v) is 13.7. The number of hydrogen-bond acceptors (Lipinski definition) is 1. The van der Waals surface area contributed by atoms with Crippen LogP contribution in [-0.4, -0.2) is 6.29 Å². The van der Waals surface area contributed by atoms with Crippen molar-refractivity contribution in [3.8, 4) is 0 Å². The van der Waals surface area contributed by atoms with Crippen molar-refractivity contribution < 1.29 is 4.79 Å². The maximum Gasteiger partial charge on any atom is 0.143 e. The first kappa shape index (κ1) is 15.8. The van der Waals surface area contributed by atoms with Gasteiger partial charge in [-0.2, -0.15) is 0 Å². The molecule has 112 valence electrons. The van der Waals surface area contributed by atoms with Crippen molar-refractivity contribution in [2.24, 2.45) is 5.41 Å². The van der Waals surface area contributed by atoms with E-state index in [1.54, 1.807) is 17.2 Å². The summed E-state index contributed by atoms with van der Waals surface area (Å²) in [5.74, 6) is 0. The van der Waals surface area contributed by atoms with Crippen LogP contribution in [0.3, 0.4) is 0 Å². The van der Waals surface area contributed by atoms with Crippen LogP contribution in [0.25, 0.3) is 0 Å². The number of allylic oxidation sites excluding steroid dienone is 10. The van der Waals surface area contributed by atoms with Crippen LogP contribution in [0.5, 0.6) is 0 Å². The van der Waals surface area contributed by atoms with Gasteiger partial charge in [-0.25, -0.2) is 0 Å². The lowest BCUT2D eigenvalue weighted by Gasteiger charge is -2.31. The van der Waals surface area contributed by atoms with Gasteiger partial charge in [-0.15, -0.1) is 0 Å². The Morgan fingerprint density at radius 1 is 1.24 bits per heavy atom. The van der Waals surface area contributed by atoms with E-state index in [-0.39, 0.29) is 0 Å². The summed E-state index contributed by atoms with van der Waals surface area (Å²) >= 11 is 0. The van der Waals surface area contributed by atoms with Gasteiger partial charge in [0, 0.05) is 0 Å². The van der Waals surface area contributed by atoms with E-state index in [1.807, 2.05) is 19.1 Å². The van der Waals surface area contributed by atoms with Crippen molar-refractivity contribution >= 4 is 6.29 Å². The normalized spacial score (nSPS) is 22.6. The maximum absolute atomic E-state index is 10.4. The second-order valence-electron chi connectivity index (χ2n) is 6.86. The van der Waals surface area contributed by atoms with Gasteiger partial charge >= 0.3 is 0 Å². The van der Waals surface area contributed by atoms with Crippen LogP contribution >= 0.6 is 0 Å². The lowest BCUT2D eigenvalue weighted by Crippen LogP contribution is -2.18. The third-order valence-electron chi connectivity index (χ3n) is 4.66. The van der Waals surface area contributed by atoms with Crippen molar-refractivity contribution in [1.29, 1.82) is 0 Å². The third kappa shape index (κ3) is 3.72. The predicted octanol–water partition coefficient (Wildman–Crippen LogP) is 5.47. The molecule has 0 aromatic rings. The Morgan fingerprint density at radius 2 is 2.00 bits per heavy atom. The van der Waals surface area contributed by atoms with Crippen LogP contribution in [0.2, 0.25) is 0 Å². The molecule has 0 radical (unpaired) electrons. The molecule has 1 nitrogen and oxygen atoms in total. The number of carbonyl (C=O) groups is 1. The van der Waals surface area contributed by atoms with E-state index in [0.29, 0.717) is 5.41 Å². The molecule has 2 aliphatic carbocycles. The molecule has 2 rings (SSSR count). The lowest BCUT2D eigenvalue weighted by atomic mass is 9.74. The molecule has 0 unspecified atom stereocenters. The van der Waals surface area contributed by atoms with Crippen molar-refractivity contribution in [1.82, 2.24) is 0 Å². The Balaban J connectivity index is 2.11. The fraction of sp³-hybridized carbons (Fsp3) is 0.450. The zero-order chi connectivity index (χ0) is 15.5. The summed E-state index contributed by atoms with van der Waals surface area (Å²) < 4.78 is 0. The second-order valence-corrected chi connectivity index (χ2v) is 6.86. The van der Waals surface area contributed by atoms with Crippen LogP contribution in [0.15, 0.2) is 58.2 Å². The monoisotopic (exact) mass is 282 g/mol. The highest BCUT2D eigenvalue weighted by atomic mass is 16.1. The molecule has 0 spiro atoms. The molecule has 2 aliphatic rings. The van der Waals surface area contributed by atoms with E-state index < -0.39 is 0 Å². The third-order valence-corrected chi connectivity index (χ3v) is 4.66. The largest absolute Gasteiger partial charge is 0.299 e. The van der Waals surface area contributed by atoms with Crippen molar-refractivity contribution in [2.75, 3.05) is 0 Å². The topological polar surface area (TPSA) is 17.1 Å². The highest BCUT2D eigenvalue weighted by Gasteiger charge is 2.31. The molecule has 0 bridgehead atoms. The van der Waals surface area contributed by atoms with Gasteiger partial charge in [0.15, 0.2) is 0 Å². The van der Waals surface area contributed by atoms with Gasteiger partial charge in [-0.1, -0.05) is 43.7 Å². The molecule has 0 amide bonds. The molecule has 21 heavy (non-hydrogen) atoms. The lowest BCUT2D eigenvalue weighted by molar-refractivity contribution is -0.104. The molecule has 0 atom stereocenters. The Hall–Kier alpha value is -1.63. The SMILES string of the molecule is CC(/C=C\C=C(/C)C1=CC2=C(CCCC2(C)C)C1)=C\C=O. The minimum atomic E-state index is 0.342. The zero-order valence-electron chi connectivity index (χ0n) is 13.7. The molecular weight excluding hydrogens is 256 g/mol. The summed E-state index contributed by atoms with van der Waals surface area (Å²) in [6, 6.07) is 0. The number of carbonyl (C=O) groups excluding carboxylic acids is 1. The molecule has 0 aromatic heterocycles. The van der Waals surface area contributed by atoms with Crippen LogP contribution in [-0.2, 0) is 4.79 Å². The molecular formula is C20H26O. The molecule has 0 saturated carbocycles. The Labute approximate surface area is 128 Å². The summed E-state index contributed by atoms with van der Waals surface area (Å²) in [5.41, 5.74) is 7.34. The van der Waals surface area contributed by atoms with E-state index in [1.165, 1.54) is 30.4 Å². The molecule has 0 N–H and O–H groups in total. The average Bonchev–Trinajstić information content (AvgIpc) is 2.84. The van der Waals surface area contributed by atoms with Gasteiger partial charge in [-0.05, 0) is 73.3 Å². The fourth-order valence-corrected chi connectivity index (χ4v) is 3.30. The number of rotatable bonds is 4. The first-order valence-corrected chi connectivity index (χ1v) is 7.84. The van der Waals surface area contributed by atoms with Gasteiger partial charge < -0.3 is 0 Å². The molecule has 0 saturated heterocycles. The standard InChI is InChI=1S/C20H26O/c1-15(10-12-21)7-5-8-16(2)18-13-17-9-6-11-20(3,4)19(17)14-18/h5,7-8,10,12,14H,6,9,11,13H2,1-4H3/b7-5-,15-10+,16-8+. The van der Waals surface area contributed by atoms with E-state index in [2.05, 4.69) is 32.9 Å². The maximum atomic E-state index is 10.4. The van der Waals surface area contributed by atoms with E-state index >= 15 is 0 Å². The van der Waals surface area contributed by atoms with Crippen LogP contribution in [0.1, 0.15) is 53.4 Å². The van der Waals surface area contributed by atoms with Crippen molar-refractivity contribution in [3.05, 3.63) is 58.2 Å². The minimum absolute atomic E-state index is 0.342. The predicted molar refractivity (Wildman–Crippen MR) is 90.1 cm³/mol. The first-order chi connectivity index (χ1) is 9.94. The summed E-state index contributed by atoms with van der Waals surface area (Å²) in [5, 5.41) is 0. The minimum Gasteiger partial charge on any atom is -0.299 e. The van der Waals surface area contributed by atoms with Gasteiger partial charge in [0.1, 0.15) is 6.29 Å².